The standard InChI is InChI=1S/C16H17N3OS3/c1-2-3-9-21-15-17-18-16(23-15)22-11-13-10-14(19-20-13)12-7-5-4-6-8-12/h4-8,10H,2-3,9,11H2,1H3. The quantitative estimate of drug-likeness (QED) is 0.396. The Morgan fingerprint density at radius 3 is 2.65 bits per heavy atom. The molecule has 0 aliphatic carbocycles. The van der Waals surface area contributed by atoms with Gasteiger partial charge in [0.2, 0.25) is 0 Å². The van der Waals surface area contributed by atoms with Crippen LogP contribution in [0.2, 0.25) is 0 Å². The van der Waals surface area contributed by atoms with Crippen LogP contribution in [-0.2, 0) is 5.75 Å². The van der Waals surface area contributed by atoms with Crippen LogP contribution in [0.1, 0.15) is 25.5 Å². The van der Waals surface area contributed by atoms with E-state index in [2.05, 4.69) is 22.3 Å². The molecule has 0 atom stereocenters. The van der Waals surface area contributed by atoms with Crippen molar-refractivity contribution >= 4 is 34.9 Å². The SMILES string of the molecule is CCCCSc1nnc(SCc2cc(-c3ccccc3)no2)s1. The number of aromatic nitrogens is 3. The third-order valence-corrected chi connectivity index (χ3v) is 6.38. The van der Waals surface area contributed by atoms with E-state index in [1.54, 1.807) is 34.9 Å². The fourth-order valence-corrected chi connectivity index (χ4v) is 4.93. The Kier molecular flexibility index (Phi) is 6.13. The maximum Gasteiger partial charge on any atom is 0.175 e. The van der Waals surface area contributed by atoms with Crippen LogP contribution in [0.4, 0.5) is 0 Å². The largest absolute Gasteiger partial charge is 0.360 e. The Hall–Kier alpha value is -1.31. The molecule has 3 rings (SSSR count). The Balaban J connectivity index is 1.54. The second-order valence-electron chi connectivity index (χ2n) is 4.87. The summed E-state index contributed by atoms with van der Waals surface area (Å²) in [6.45, 7) is 2.20. The van der Waals surface area contributed by atoms with Gasteiger partial charge in [-0.05, 0) is 6.42 Å². The van der Waals surface area contributed by atoms with E-state index >= 15 is 0 Å². The fourth-order valence-electron chi connectivity index (χ4n) is 1.88. The number of hydrogen-bond acceptors (Lipinski definition) is 7. The Bertz CT molecular complexity index is 727. The lowest BCUT2D eigenvalue weighted by molar-refractivity contribution is 0.397. The number of hydrogen-bond donors (Lipinski definition) is 0. The van der Waals surface area contributed by atoms with Gasteiger partial charge < -0.3 is 4.52 Å². The number of rotatable bonds is 8. The lowest BCUT2D eigenvalue weighted by Crippen LogP contribution is -1.77. The summed E-state index contributed by atoms with van der Waals surface area (Å²) in [7, 11) is 0. The molecule has 0 bridgehead atoms. The Morgan fingerprint density at radius 2 is 1.87 bits per heavy atom. The smallest absolute Gasteiger partial charge is 0.175 e. The summed E-state index contributed by atoms with van der Waals surface area (Å²) in [6, 6.07) is 12.0. The highest BCUT2D eigenvalue weighted by Gasteiger charge is 2.09. The first-order chi connectivity index (χ1) is 11.3. The molecule has 0 aliphatic heterocycles. The average Bonchev–Trinajstić information content (AvgIpc) is 3.23. The van der Waals surface area contributed by atoms with E-state index in [9.17, 15) is 0 Å². The third-order valence-electron chi connectivity index (χ3n) is 3.08. The minimum Gasteiger partial charge on any atom is -0.360 e. The normalized spacial score (nSPS) is 11.0. The molecule has 0 radical (unpaired) electrons. The second-order valence-corrected chi connectivity index (χ2v) is 8.41. The van der Waals surface area contributed by atoms with Gasteiger partial charge in [0.1, 0.15) is 11.5 Å². The molecule has 0 saturated heterocycles. The molecule has 7 heteroatoms. The molecular weight excluding hydrogens is 346 g/mol. The molecule has 4 nitrogen and oxygen atoms in total. The molecule has 2 aromatic heterocycles. The van der Waals surface area contributed by atoms with E-state index in [-0.39, 0.29) is 0 Å². The van der Waals surface area contributed by atoms with E-state index in [0.29, 0.717) is 5.75 Å². The van der Waals surface area contributed by atoms with Gasteiger partial charge in [-0.3, -0.25) is 0 Å². The van der Waals surface area contributed by atoms with E-state index in [0.717, 1.165) is 31.4 Å². The predicted molar refractivity (Wildman–Crippen MR) is 97.0 cm³/mol. The summed E-state index contributed by atoms with van der Waals surface area (Å²) in [5, 5.41) is 12.6. The van der Waals surface area contributed by atoms with Crippen LogP contribution in [0, 0.1) is 0 Å². The minimum atomic E-state index is 0.716. The summed E-state index contributed by atoms with van der Waals surface area (Å²) >= 11 is 5.07. The van der Waals surface area contributed by atoms with Crippen LogP contribution < -0.4 is 0 Å². The molecule has 23 heavy (non-hydrogen) atoms. The zero-order valence-electron chi connectivity index (χ0n) is 12.8. The van der Waals surface area contributed by atoms with Crippen LogP contribution in [0.15, 0.2) is 49.6 Å². The first-order valence-electron chi connectivity index (χ1n) is 7.45. The summed E-state index contributed by atoms with van der Waals surface area (Å²) < 4.78 is 7.43. The van der Waals surface area contributed by atoms with Crippen LogP contribution in [0.5, 0.6) is 0 Å². The molecule has 0 aliphatic rings. The zero-order valence-corrected chi connectivity index (χ0v) is 15.2. The van der Waals surface area contributed by atoms with Crippen molar-refractivity contribution in [2.45, 2.75) is 34.2 Å². The monoisotopic (exact) mass is 363 g/mol. The molecular formula is C16H17N3OS3. The second kappa shape index (κ2) is 8.52. The topological polar surface area (TPSA) is 51.8 Å². The van der Waals surface area contributed by atoms with Crippen molar-refractivity contribution in [3.05, 3.63) is 42.2 Å². The Morgan fingerprint density at radius 1 is 1.09 bits per heavy atom. The van der Waals surface area contributed by atoms with E-state index in [4.69, 9.17) is 4.52 Å². The summed E-state index contributed by atoms with van der Waals surface area (Å²) in [4.78, 5) is 0. The molecule has 0 saturated carbocycles. The molecule has 0 amide bonds. The van der Waals surface area contributed by atoms with Gasteiger partial charge in [-0.15, -0.1) is 10.2 Å². The van der Waals surface area contributed by atoms with Crippen molar-refractivity contribution in [3.8, 4) is 11.3 Å². The summed E-state index contributed by atoms with van der Waals surface area (Å²) in [5.41, 5.74) is 1.94. The lowest BCUT2D eigenvalue weighted by atomic mass is 10.1. The molecule has 2 heterocycles. The van der Waals surface area contributed by atoms with Crippen molar-refractivity contribution in [1.82, 2.24) is 15.4 Å². The van der Waals surface area contributed by atoms with Gasteiger partial charge in [0, 0.05) is 17.4 Å². The molecule has 0 unspecified atom stereocenters. The highest BCUT2D eigenvalue weighted by Crippen LogP contribution is 2.31. The first-order valence-corrected chi connectivity index (χ1v) is 10.2. The average molecular weight is 364 g/mol. The lowest BCUT2D eigenvalue weighted by Gasteiger charge is -1.93. The van der Waals surface area contributed by atoms with Gasteiger partial charge in [-0.2, -0.15) is 0 Å². The van der Waals surface area contributed by atoms with Gasteiger partial charge in [-0.1, -0.05) is 83.7 Å². The molecule has 0 spiro atoms. The van der Waals surface area contributed by atoms with Gasteiger partial charge in [0.15, 0.2) is 8.68 Å². The van der Waals surface area contributed by atoms with Gasteiger partial charge in [-0.25, -0.2) is 0 Å². The number of benzene rings is 1. The molecule has 0 N–H and O–H groups in total. The van der Waals surface area contributed by atoms with E-state index in [1.807, 2.05) is 36.4 Å². The zero-order chi connectivity index (χ0) is 15.9. The van der Waals surface area contributed by atoms with Crippen LogP contribution in [0.25, 0.3) is 11.3 Å². The van der Waals surface area contributed by atoms with E-state index < -0.39 is 0 Å². The van der Waals surface area contributed by atoms with Crippen LogP contribution in [0.3, 0.4) is 0 Å². The highest BCUT2D eigenvalue weighted by molar-refractivity contribution is 8.02. The fraction of sp³-hybridized carbons (Fsp3) is 0.312. The first kappa shape index (κ1) is 16.5. The highest BCUT2D eigenvalue weighted by atomic mass is 32.2. The van der Waals surface area contributed by atoms with Crippen molar-refractivity contribution < 1.29 is 4.52 Å². The maximum atomic E-state index is 5.41. The maximum absolute atomic E-state index is 5.41. The van der Waals surface area contributed by atoms with Crippen molar-refractivity contribution in [2.75, 3.05) is 5.75 Å². The number of thioether (sulfide) groups is 2. The van der Waals surface area contributed by atoms with Gasteiger partial charge >= 0.3 is 0 Å². The van der Waals surface area contributed by atoms with Crippen molar-refractivity contribution in [3.63, 3.8) is 0 Å². The molecule has 120 valence electrons. The molecule has 1 aromatic carbocycles. The number of nitrogens with zero attached hydrogens (tertiary/aromatic N) is 3. The van der Waals surface area contributed by atoms with Gasteiger partial charge in [0.05, 0.1) is 5.75 Å². The van der Waals surface area contributed by atoms with Crippen molar-refractivity contribution in [2.24, 2.45) is 0 Å². The van der Waals surface area contributed by atoms with Crippen LogP contribution in [-0.4, -0.2) is 21.1 Å². The minimum absolute atomic E-state index is 0.716. The molecule has 0 fully saturated rings. The Labute approximate surface area is 148 Å². The van der Waals surface area contributed by atoms with Gasteiger partial charge in [0.25, 0.3) is 0 Å². The predicted octanol–water partition coefficient (Wildman–Crippen LogP) is 5.38. The third kappa shape index (κ3) is 4.83. The van der Waals surface area contributed by atoms with Crippen LogP contribution >= 0.6 is 34.9 Å². The number of unbranched alkanes of at least 4 members (excludes halogenated alkanes) is 1. The van der Waals surface area contributed by atoms with E-state index in [1.165, 1.54) is 12.8 Å². The summed E-state index contributed by atoms with van der Waals surface area (Å²) in [6.07, 6.45) is 2.43. The summed E-state index contributed by atoms with van der Waals surface area (Å²) in [5.74, 6) is 2.68. The molecule has 3 aromatic rings. The van der Waals surface area contributed by atoms with Crippen molar-refractivity contribution in [1.29, 1.82) is 0 Å².